The van der Waals surface area contributed by atoms with E-state index >= 15 is 0 Å². The van der Waals surface area contributed by atoms with Crippen molar-refractivity contribution in [1.82, 2.24) is 15.1 Å². The van der Waals surface area contributed by atoms with Crippen molar-refractivity contribution in [2.45, 2.75) is 31.7 Å². The van der Waals surface area contributed by atoms with Crippen LogP contribution in [0.4, 0.5) is 0 Å². The molecule has 5 heteroatoms. The van der Waals surface area contributed by atoms with Crippen molar-refractivity contribution in [3.05, 3.63) is 24.0 Å². The predicted molar refractivity (Wildman–Crippen MR) is 62.4 cm³/mol. The van der Waals surface area contributed by atoms with Crippen LogP contribution in [0.25, 0.3) is 0 Å². The van der Waals surface area contributed by atoms with Crippen LogP contribution < -0.4 is 0 Å². The first kappa shape index (κ1) is 12.0. The minimum atomic E-state index is -0.00181. The molecule has 0 radical (unpaired) electrons. The number of nitrogens with zero attached hydrogens (tertiary/aromatic N) is 3. The molecule has 1 unspecified atom stereocenters. The zero-order valence-corrected chi connectivity index (χ0v) is 9.75. The molecule has 1 amide bonds. The average molecular weight is 235 g/mol. The van der Waals surface area contributed by atoms with Gasteiger partial charge < -0.3 is 10.0 Å². The maximum Gasteiger partial charge on any atom is 0.255 e. The lowest BCUT2D eigenvalue weighted by Gasteiger charge is -2.35. The van der Waals surface area contributed by atoms with Gasteiger partial charge in [0.25, 0.3) is 5.91 Å². The van der Waals surface area contributed by atoms with Gasteiger partial charge in [0.2, 0.25) is 0 Å². The highest BCUT2D eigenvalue weighted by atomic mass is 16.3. The molecule has 1 fully saturated rings. The van der Waals surface area contributed by atoms with Crippen LogP contribution in [0.5, 0.6) is 0 Å². The molecule has 92 valence electrons. The number of aromatic nitrogens is 2. The van der Waals surface area contributed by atoms with E-state index in [0.29, 0.717) is 12.0 Å². The molecule has 1 aliphatic rings. The third-order valence-electron chi connectivity index (χ3n) is 3.18. The summed E-state index contributed by atoms with van der Waals surface area (Å²) in [6.07, 6.45) is 6.81. The highest BCUT2D eigenvalue weighted by Gasteiger charge is 2.26. The number of aliphatic hydroxyl groups is 1. The van der Waals surface area contributed by atoms with Crippen molar-refractivity contribution < 1.29 is 9.90 Å². The molecule has 2 rings (SSSR count). The summed E-state index contributed by atoms with van der Waals surface area (Å²) in [7, 11) is 0. The Bertz CT molecular complexity index is 367. The standard InChI is InChI=1S/C12H17N3O2/c16-8-5-11-3-1-2-7-15(11)12(17)10-4-6-13-14-9-10/h4,6,9,11,16H,1-3,5,7-8H2. The van der Waals surface area contributed by atoms with Crippen LogP contribution in [0.3, 0.4) is 0 Å². The Kier molecular flexibility index (Phi) is 4.03. The van der Waals surface area contributed by atoms with Crippen molar-refractivity contribution >= 4 is 5.91 Å². The van der Waals surface area contributed by atoms with E-state index < -0.39 is 0 Å². The quantitative estimate of drug-likeness (QED) is 0.843. The fourth-order valence-corrected chi connectivity index (χ4v) is 2.30. The number of rotatable bonds is 3. The first-order valence-electron chi connectivity index (χ1n) is 6.01. The van der Waals surface area contributed by atoms with Crippen LogP contribution >= 0.6 is 0 Å². The molecule has 0 spiro atoms. The zero-order valence-electron chi connectivity index (χ0n) is 9.75. The zero-order chi connectivity index (χ0) is 12.1. The van der Waals surface area contributed by atoms with E-state index in [1.54, 1.807) is 6.07 Å². The first-order valence-corrected chi connectivity index (χ1v) is 6.01. The van der Waals surface area contributed by atoms with Gasteiger partial charge in [0, 0.05) is 19.2 Å². The van der Waals surface area contributed by atoms with Crippen LogP contribution in [-0.4, -0.2) is 45.3 Å². The van der Waals surface area contributed by atoms with Crippen LogP contribution in [0.2, 0.25) is 0 Å². The van der Waals surface area contributed by atoms with Gasteiger partial charge in [0.15, 0.2) is 0 Å². The molecule has 1 aliphatic heterocycles. The molecular weight excluding hydrogens is 218 g/mol. The van der Waals surface area contributed by atoms with Crippen molar-refractivity contribution in [1.29, 1.82) is 0 Å². The number of aliphatic hydroxyl groups excluding tert-OH is 1. The summed E-state index contributed by atoms with van der Waals surface area (Å²) in [6, 6.07) is 1.84. The average Bonchev–Trinajstić information content (AvgIpc) is 2.40. The van der Waals surface area contributed by atoms with E-state index in [9.17, 15) is 4.79 Å². The second-order valence-corrected chi connectivity index (χ2v) is 4.29. The fourth-order valence-electron chi connectivity index (χ4n) is 2.30. The molecule has 5 nitrogen and oxygen atoms in total. The third kappa shape index (κ3) is 2.79. The molecule has 2 heterocycles. The monoisotopic (exact) mass is 235 g/mol. The van der Waals surface area contributed by atoms with Gasteiger partial charge in [0.05, 0.1) is 18.0 Å². The minimum Gasteiger partial charge on any atom is -0.396 e. The Morgan fingerprint density at radius 1 is 1.47 bits per heavy atom. The Labute approximate surface area is 100 Å². The largest absolute Gasteiger partial charge is 0.396 e. The highest BCUT2D eigenvalue weighted by Crippen LogP contribution is 2.21. The van der Waals surface area contributed by atoms with E-state index in [4.69, 9.17) is 5.11 Å². The number of carbonyl (C=O) groups excluding carboxylic acids is 1. The van der Waals surface area contributed by atoms with Gasteiger partial charge in [-0.15, -0.1) is 0 Å². The Balaban J connectivity index is 2.11. The van der Waals surface area contributed by atoms with Crippen molar-refractivity contribution in [3.8, 4) is 0 Å². The molecule has 17 heavy (non-hydrogen) atoms. The van der Waals surface area contributed by atoms with E-state index in [1.165, 1.54) is 12.4 Å². The van der Waals surface area contributed by atoms with E-state index in [1.807, 2.05) is 4.90 Å². The predicted octanol–water partition coefficient (Wildman–Crippen LogP) is 0.854. The van der Waals surface area contributed by atoms with Crippen LogP contribution in [-0.2, 0) is 0 Å². The van der Waals surface area contributed by atoms with E-state index in [0.717, 1.165) is 25.8 Å². The summed E-state index contributed by atoms with van der Waals surface area (Å²) in [5.41, 5.74) is 0.574. The second kappa shape index (κ2) is 5.72. The highest BCUT2D eigenvalue weighted by molar-refractivity contribution is 5.94. The Morgan fingerprint density at radius 2 is 2.35 bits per heavy atom. The molecule has 0 aromatic carbocycles. The Hall–Kier alpha value is -1.49. The molecule has 0 saturated carbocycles. The van der Waals surface area contributed by atoms with Crippen molar-refractivity contribution in [3.63, 3.8) is 0 Å². The summed E-state index contributed by atoms with van der Waals surface area (Å²) in [6.45, 7) is 0.898. The topological polar surface area (TPSA) is 66.3 Å². The number of hydrogen-bond acceptors (Lipinski definition) is 4. The summed E-state index contributed by atoms with van der Waals surface area (Å²) < 4.78 is 0. The van der Waals surface area contributed by atoms with Crippen molar-refractivity contribution in [2.75, 3.05) is 13.2 Å². The van der Waals surface area contributed by atoms with Gasteiger partial charge in [-0.25, -0.2) is 0 Å². The van der Waals surface area contributed by atoms with Gasteiger partial charge in [0.1, 0.15) is 0 Å². The number of piperidine rings is 1. The minimum absolute atomic E-state index is 0.00181. The summed E-state index contributed by atoms with van der Waals surface area (Å²) in [4.78, 5) is 14.1. The Morgan fingerprint density at radius 3 is 3.06 bits per heavy atom. The van der Waals surface area contributed by atoms with E-state index in [2.05, 4.69) is 10.2 Å². The number of amides is 1. The number of hydrogen-bond donors (Lipinski definition) is 1. The fraction of sp³-hybridized carbons (Fsp3) is 0.583. The summed E-state index contributed by atoms with van der Waals surface area (Å²) >= 11 is 0. The number of carbonyl (C=O) groups is 1. The van der Waals surface area contributed by atoms with Crippen LogP contribution in [0, 0.1) is 0 Å². The van der Waals surface area contributed by atoms with Crippen LogP contribution in [0.1, 0.15) is 36.0 Å². The molecule has 1 N–H and O–H groups in total. The SMILES string of the molecule is O=C(c1ccnnc1)N1CCCCC1CCO. The third-order valence-corrected chi connectivity index (χ3v) is 3.18. The lowest BCUT2D eigenvalue weighted by Crippen LogP contribution is -2.44. The van der Waals surface area contributed by atoms with Gasteiger partial charge in [-0.05, 0) is 31.7 Å². The smallest absolute Gasteiger partial charge is 0.255 e. The molecular formula is C12H17N3O2. The number of likely N-dealkylation sites (tertiary alicyclic amines) is 1. The van der Waals surface area contributed by atoms with Gasteiger partial charge >= 0.3 is 0 Å². The summed E-state index contributed by atoms with van der Waals surface area (Å²) in [5, 5.41) is 16.4. The molecule has 1 aromatic heterocycles. The van der Waals surface area contributed by atoms with Gasteiger partial charge in [-0.1, -0.05) is 0 Å². The normalized spacial score (nSPS) is 20.3. The van der Waals surface area contributed by atoms with Gasteiger partial charge in [-0.3, -0.25) is 4.79 Å². The summed E-state index contributed by atoms with van der Waals surface area (Å²) in [5.74, 6) is -0.00181. The molecule has 0 bridgehead atoms. The maximum absolute atomic E-state index is 12.3. The maximum atomic E-state index is 12.3. The lowest BCUT2D eigenvalue weighted by molar-refractivity contribution is 0.0574. The first-order chi connectivity index (χ1) is 8.33. The molecule has 1 atom stereocenters. The second-order valence-electron chi connectivity index (χ2n) is 4.29. The molecule has 1 saturated heterocycles. The molecule has 0 aliphatic carbocycles. The van der Waals surface area contributed by atoms with Crippen LogP contribution in [0.15, 0.2) is 18.5 Å². The van der Waals surface area contributed by atoms with Crippen molar-refractivity contribution in [2.24, 2.45) is 0 Å². The lowest BCUT2D eigenvalue weighted by atomic mass is 9.99. The van der Waals surface area contributed by atoms with Gasteiger partial charge in [-0.2, -0.15) is 10.2 Å². The molecule has 1 aromatic rings. The van der Waals surface area contributed by atoms with E-state index in [-0.39, 0.29) is 18.6 Å².